The van der Waals surface area contributed by atoms with Crippen molar-refractivity contribution in [3.8, 4) is 5.75 Å². The van der Waals surface area contributed by atoms with Gasteiger partial charge in [0.05, 0.1) is 6.10 Å². The topological polar surface area (TPSA) is 9.23 Å². The van der Waals surface area contributed by atoms with Gasteiger partial charge in [0.15, 0.2) is 0 Å². The molecule has 0 aromatic heterocycles. The summed E-state index contributed by atoms with van der Waals surface area (Å²) in [5.41, 5.74) is 1.30. The summed E-state index contributed by atoms with van der Waals surface area (Å²) in [5, 5.41) is 0. The molecule has 0 bridgehead atoms. The van der Waals surface area contributed by atoms with E-state index in [1.54, 1.807) is 0 Å². The van der Waals surface area contributed by atoms with Crippen LogP contribution in [0.1, 0.15) is 26.3 Å². The van der Waals surface area contributed by atoms with E-state index in [1.807, 2.05) is 26.0 Å². The third kappa shape index (κ3) is 2.57. The van der Waals surface area contributed by atoms with Crippen LogP contribution in [-0.2, 0) is 6.42 Å². The Morgan fingerprint density at radius 3 is 2.58 bits per heavy atom. The van der Waals surface area contributed by atoms with Gasteiger partial charge in [-0.1, -0.05) is 13.0 Å². The first-order chi connectivity index (χ1) is 5.72. The van der Waals surface area contributed by atoms with Crippen molar-refractivity contribution in [1.29, 1.82) is 0 Å². The maximum absolute atomic E-state index is 5.46. The molecule has 1 aromatic carbocycles. The molecule has 1 aromatic rings. The highest BCUT2D eigenvalue weighted by molar-refractivity contribution is 5.25. The van der Waals surface area contributed by atoms with E-state index in [9.17, 15) is 0 Å². The van der Waals surface area contributed by atoms with Gasteiger partial charge in [-0.3, -0.25) is 0 Å². The third-order valence-corrected chi connectivity index (χ3v) is 1.62. The van der Waals surface area contributed by atoms with Crippen molar-refractivity contribution < 1.29 is 4.74 Å². The second-order valence-corrected chi connectivity index (χ2v) is 3.08. The van der Waals surface area contributed by atoms with Gasteiger partial charge in [0.2, 0.25) is 0 Å². The van der Waals surface area contributed by atoms with Crippen molar-refractivity contribution in [3.63, 3.8) is 0 Å². The summed E-state index contributed by atoms with van der Waals surface area (Å²) in [6.45, 7) is 6.16. The van der Waals surface area contributed by atoms with Crippen molar-refractivity contribution in [2.24, 2.45) is 0 Å². The lowest BCUT2D eigenvalue weighted by Crippen LogP contribution is -2.05. The predicted octanol–water partition coefficient (Wildman–Crippen LogP) is 2.84. The molecule has 1 nitrogen and oxygen atoms in total. The van der Waals surface area contributed by atoms with Crippen LogP contribution in [0.3, 0.4) is 0 Å². The molecular formula is C11H15O. The average Bonchev–Trinajstić information content (AvgIpc) is 2.05. The molecule has 0 saturated heterocycles. The number of hydrogen-bond acceptors (Lipinski definition) is 1. The van der Waals surface area contributed by atoms with Gasteiger partial charge in [-0.2, -0.15) is 0 Å². The van der Waals surface area contributed by atoms with Gasteiger partial charge in [0, 0.05) is 6.07 Å². The van der Waals surface area contributed by atoms with Crippen LogP contribution in [0.2, 0.25) is 0 Å². The SMILES string of the molecule is CCc1c[c]c(OC(C)C)cc1. The second-order valence-electron chi connectivity index (χ2n) is 3.08. The van der Waals surface area contributed by atoms with Crippen LogP contribution in [0.4, 0.5) is 0 Å². The lowest BCUT2D eigenvalue weighted by atomic mass is 10.2. The summed E-state index contributed by atoms with van der Waals surface area (Å²) < 4.78 is 5.46. The zero-order valence-corrected chi connectivity index (χ0v) is 7.92. The van der Waals surface area contributed by atoms with Gasteiger partial charge in [-0.25, -0.2) is 0 Å². The van der Waals surface area contributed by atoms with E-state index >= 15 is 0 Å². The molecule has 0 atom stereocenters. The van der Waals surface area contributed by atoms with Crippen LogP contribution in [-0.4, -0.2) is 6.10 Å². The third-order valence-electron chi connectivity index (χ3n) is 1.62. The van der Waals surface area contributed by atoms with Crippen LogP contribution < -0.4 is 4.74 Å². The minimum Gasteiger partial charge on any atom is -0.490 e. The van der Waals surface area contributed by atoms with Crippen LogP contribution in [0.15, 0.2) is 18.2 Å². The standard InChI is InChI=1S/C11H15O/c1-4-10-5-7-11(8-6-10)12-9(2)3/h5-7,9H,4H2,1-3H3. The average molecular weight is 163 g/mol. The van der Waals surface area contributed by atoms with Crippen molar-refractivity contribution >= 4 is 0 Å². The summed E-state index contributed by atoms with van der Waals surface area (Å²) >= 11 is 0. The molecule has 12 heavy (non-hydrogen) atoms. The number of hydrogen-bond donors (Lipinski definition) is 0. The number of ether oxygens (including phenoxy) is 1. The highest BCUT2D eigenvalue weighted by Crippen LogP contribution is 2.12. The lowest BCUT2D eigenvalue weighted by Gasteiger charge is -2.08. The lowest BCUT2D eigenvalue weighted by molar-refractivity contribution is 0.242. The van der Waals surface area contributed by atoms with Crippen LogP contribution >= 0.6 is 0 Å². The fourth-order valence-corrected chi connectivity index (χ4v) is 0.990. The minimum atomic E-state index is 0.230. The van der Waals surface area contributed by atoms with Crippen molar-refractivity contribution in [2.75, 3.05) is 0 Å². The van der Waals surface area contributed by atoms with Gasteiger partial charge in [-0.05, 0) is 38.0 Å². The molecule has 0 saturated carbocycles. The summed E-state index contributed by atoms with van der Waals surface area (Å²) in [5.74, 6) is 0.835. The molecule has 0 spiro atoms. The van der Waals surface area contributed by atoms with E-state index in [-0.39, 0.29) is 6.10 Å². The van der Waals surface area contributed by atoms with E-state index in [0.717, 1.165) is 12.2 Å². The number of rotatable bonds is 3. The monoisotopic (exact) mass is 163 g/mol. The summed E-state index contributed by atoms with van der Waals surface area (Å²) in [6, 6.07) is 9.13. The van der Waals surface area contributed by atoms with E-state index in [4.69, 9.17) is 4.74 Å². The molecule has 0 unspecified atom stereocenters. The molecule has 1 rings (SSSR count). The predicted molar refractivity (Wildman–Crippen MR) is 50.4 cm³/mol. The Hall–Kier alpha value is -0.980. The zero-order chi connectivity index (χ0) is 8.97. The first kappa shape index (κ1) is 9.11. The Balaban J connectivity index is 2.65. The summed E-state index contributed by atoms with van der Waals surface area (Å²) in [6.07, 6.45) is 1.28. The fourth-order valence-electron chi connectivity index (χ4n) is 0.990. The summed E-state index contributed by atoms with van der Waals surface area (Å²) in [4.78, 5) is 0. The molecule has 0 N–H and O–H groups in total. The minimum absolute atomic E-state index is 0.230. The van der Waals surface area contributed by atoms with Crippen LogP contribution in [0, 0.1) is 6.07 Å². The largest absolute Gasteiger partial charge is 0.490 e. The Labute approximate surface area is 74.4 Å². The molecule has 0 aliphatic rings. The Kier molecular flexibility index (Phi) is 3.15. The highest BCUT2D eigenvalue weighted by atomic mass is 16.5. The summed E-state index contributed by atoms with van der Waals surface area (Å²) in [7, 11) is 0. The highest BCUT2D eigenvalue weighted by Gasteiger charge is 1.96. The first-order valence-electron chi connectivity index (χ1n) is 4.39. The zero-order valence-electron chi connectivity index (χ0n) is 7.92. The maximum Gasteiger partial charge on any atom is 0.127 e. The van der Waals surface area contributed by atoms with Gasteiger partial charge in [-0.15, -0.1) is 0 Å². The normalized spacial score (nSPS) is 10.3. The van der Waals surface area contributed by atoms with Crippen molar-refractivity contribution in [3.05, 3.63) is 29.8 Å². The number of aryl methyl sites for hydroxylation is 1. The van der Waals surface area contributed by atoms with Crippen molar-refractivity contribution in [2.45, 2.75) is 33.3 Å². The van der Waals surface area contributed by atoms with Crippen molar-refractivity contribution in [1.82, 2.24) is 0 Å². The van der Waals surface area contributed by atoms with Gasteiger partial charge in [0.1, 0.15) is 5.75 Å². The smallest absolute Gasteiger partial charge is 0.127 e. The quantitative estimate of drug-likeness (QED) is 0.665. The molecule has 65 valence electrons. The van der Waals surface area contributed by atoms with E-state index < -0.39 is 0 Å². The molecule has 1 heteroatoms. The number of benzene rings is 1. The van der Waals surface area contributed by atoms with E-state index in [1.165, 1.54) is 5.56 Å². The fraction of sp³-hybridized carbons (Fsp3) is 0.455. The van der Waals surface area contributed by atoms with E-state index in [2.05, 4.69) is 19.1 Å². The Morgan fingerprint density at radius 1 is 1.42 bits per heavy atom. The maximum atomic E-state index is 5.46. The molecule has 0 fully saturated rings. The molecule has 0 aliphatic carbocycles. The molecule has 1 radical (unpaired) electrons. The second kappa shape index (κ2) is 4.15. The van der Waals surface area contributed by atoms with Gasteiger partial charge < -0.3 is 4.74 Å². The van der Waals surface area contributed by atoms with Crippen LogP contribution in [0.25, 0.3) is 0 Å². The molecule has 0 amide bonds. The van der Waals surface area contributed by atoms with E-state index in [0.29, 0.717) is 0 Å². The molecular weight excluding hydrogens is 148 g/mol. The molecule has 0 heterocycles. The Morgan fingerprint density at radius 2 is 2.17 bits per heavy atom. The van der Waals surface area contributed by atoms with Crippen LogP contribution in [0.5, 0.6) is 5.75 Å². The first-order valence-corrected chi connectivity index (χ1v) is 4.39. The van der Waals surface area contributed by atoms with Gasteiger partial charge >= 0.3 is 0 Å². The molecule has 0 aliphatic heterocycles. The van der Waals surface area contributed by atoms with Gasteiger partial charge in [0.25, 0.3) is 0 Å². The Bertz CT molecular complexity index is 223.